The molecule has 0 unspecified atom stereocenters. The van der Waals surface area contributed by atoms with Crippen LogP contribution in [0.25, 0.3) is 16.9 Å². The number of nitrogens with one attached hydrogen (secondary N) is 1. The van der Waals surface area contributed by atoms with Crippen LogP contribution in [0.5, 0.6) is 5.75 Å². The van der Waals surface area contributed by atoms with Gasteiger partial charge in [0.25, 0.3) is 0 Å². The van der Waals surface area contributed by atoms with E-state index in [1.807, 2.05) is 65.3 Å². The van der Waals surface area contributed by atoms with E-state index < -0.39 is 0 Å². The summed E-state index contributed by atoms with van der Waals surface area (Å²) in [5, 5.41) is 18.3. The van der Waals surface area contributed by atoms with Gasteiger partial charge in [-0.3, -0.25) is 0 Å². The fourth-order valence-electron chi connectivity index (χ4n) is 3.12. The van der Waals surface area contributed by atoms with Gasteiger partial charge < -0.3 is 10.4 Å². The highest BCUT2D eigenvalue weighted by Gasteiger charge is 2.12. The third kappa shape index (κ3) is 4.16. The smallest absolute Gasteiger partial charge is 0.120 e. The highest BCUT2D eigenvalue weighted by Crippen LogP contribution is 2.25. The first-order valence-corrected chi connectivity index (χ1v) is 9.87. The number of hydrogen-bond acceptors (Lipinski definition) is 3. The van der Waals surface area contributed by atoms with Crippen molar-refractivity contribution in [3.05, 3.63) is 101 Å². The molecule has 0 aliphatic heterocycles. The predicted octanol–water partition coefficient (Wildman–Crippen LogP) is 5.30. The second-order valence-electron chi connectivity index (χ2n) is 6.53. The molecule has 140 valence electrons. The molecule has 28 heavy (non-hydrogen) atoms. The Hall–Kier alpha value is -2.89. The summed E-state index contributed by atoms with van der Waals surface area (Å²) >= 11 is 3.45. The second kappa shape index (κ2) is 8.42. The molecule has 0 atom stereocenters. The van der Waals surface area contributed by atoms with E-state index >= 15 is 0 Å². The summed E-state index contributed by atoms with van der Waals surface area (Å²) in [6, 6.07) is 25.7. The molecule has 4 aromatic rings. The first-order chi connectivity index (χ1) is 13.7. The van der Waals surface area contributed by atoms with Gasteiger partial charge in [0.1, 0.15) is 5.75 Å². The fraction of sp³-hybridized carbons (Fsp3) is 0.0870. The number of aromatic hydroxyl groups is 1. The molecular formula is C23H20BrN3O. The molecule has 0 saturated heterocycles. The number of para-hydroxylation sites is 1. The lowest BCUT2D eigenvalue weighted by molar-refractivity contribution is 0.464. The van der Waals surface area contributed by atoms with E-state index in [9.17, 15) is 5.11 Å². The number of aromatic nitrogens is 2. The summed E-state index contributed by atoms with van der Waals surface area (Å²) in [7, 11) is 0. The molecule has 0 radical (unpaired) electrons. The Balaban J connectivity index is 1.60. The van der Waals surface area contributed by atoms with Gasteiger partial charge in [-0.15, -0.1) is 0 Å². The van der Waals surface area contributed by atoms with Crippen LogP contribution in [-0.4, -0.2) is 14.9 Å². The Labute approximate surface area is 172 Å². The van der Waals surface area contributed by atoms with Crippen LogP contribution in [0.1, 0.15) is 11.1 Å². The quantitative estimate of drug-likeness (QED) is 0.433. The van der Waals surface area contributed by atoms with Crippen molar-refractivity contribution in [2.24, 2.45) is 0 Å². The zero-order valence-corrected chi connectivity index (χ0v) is 16.8. The van der Waals surface area contributed by atoms with Crippen molar-refractivity contribution >= 4 is 15.9 Å². The third-order valence-electron chi connectivity index (χ3n) is 4.53. The Morgan fingerprint density at radius 2 is 1.54 bits per heavy atom. The van der Waals surface area contributed by atoms with Crippen LogP contribution in [0, 0.1) is 0 Å². The molecule has 2 N–H and O–H groups in total. The predicted molar refractivity (Wildman–Crippen MR) is 115 cm³/mol. The molecule has 3 aromatic carbocycles. The van der Waals surface area contributed by atoms with E-state index in [2.05, 4.69) is 39.6 Å². The second-order valence-corrected chi connectivity index (χ2v) is 7.44. The maximum Gasteiger partial charge on any atom is 0.120 e. The van der Waals surface area contributed by atoms with Crippen molar-refractivity contribution in [2.45, 2.75) is 13.1 Å². The molecule has 0 aliphatic carbocycles. The van der Waals surface area contributed by atoms with Crippen LogP contribution < -0.4 is 5.32 Å². The maximum absolute atomic E-state index is 10.0. The topological polar surface area (TPSA) is 50.1 Å². The first-order valence-electron chi connectivity index (χ1n) is 9.08. The van der Waals surface area contributed by atoms with Gasteiger partial charge in [0.2, 0.25) is 0 Å². The van der Waals surface area contributed by atoms with Crippen molar-refractivity contribution in [1.82, 2.24) is 15.1 Å². The van der Waals surface area contributed by atoms with E-state index in [1.54, 1.807) is 6.07 Å². The van der Waals surface area contributed by atoms with Crippen LogP contribution in [0.3, 0.4) is 0 Å². The summed E-state index contributed by atoms with van der Waals surface area (Å²) in [6.07, 6.45) is 2.06. The lowest BCUT2D eigenvalue weighted by Gasteiger charge is -2.08. The minimum atomic E-state index is 0.291. The molecule has 1 aromatic heterocycles. The van der Waals surface area contributed by atoms with Crippen LogP contribution in [0.4, 0.5) is 0 Å². The molecule has 5 heteroatoms. The van der Waals surface area contributed by atoms with E-state index in [4.69, 9.17) is 5.10 Å². The van der Waals surface area contributed by atoms with Crippen LogP contribution >= 0.6 is 15.9 Å². The number of benzene rings is 3. The number of phenolic OH excluding ortho intramolecular Hbond substituents is 1. The van der Waals surface area contributed by atoms with Gasteiger partial charge in [0.05, 0.1) is 11.4 Å². The largest absolute Gasteiger partial charge is 0.508 e. The SMILES string of the molecule is Oc1ccc(Br)cc1CNCc1cn(-c2ccccc2)nc1-c1ccccc1. The lowest BCUT2D eigenvalue weighted by atomic mass is 10.1. The first kappa shape index (κ1) is 18.5. The minimum absolute atomic E-state index is 0.291. The maximum atomic E-state index is 10.0. The van der Waals surface area contributed by atoms with Crippen molar-refractivity contribution in [3.8, 4) is 22.7 Å². The molecule has 4 rings (SSSR count). The fourth-order valence-corrected chi connectivity index (χ4v) is 3.53. The minimum Gasteiger partial charge on any atom is -0.508 e. The number of phenols is 1. The molecular weight excluding hydrogens is 414 g/mol. The summed E-state index contributed by atoms with van der Waals surface area (Å²) in [4.78, 5) is 0. The summed E-state index contributed by atoms with van der Waals surface area (Å²) in [5.74, 6) is 0.291. The lowest BCUT2D eigenvalue weighted by Crippen LogP contribution is -2.13. The molecule has 0 spiro atoms. The summed E-state index contributed by atoms with van der Waals surface area (Å²) < 4.78 is 2.86. The van der Waals surface area contributed by atoms with Crippen molar-refractivity contribution in [2.75, 3.05) is 0 Å². The Bertz CT molecular complexity index is 1060. The summed E-state index contributed by atoms with van der Waals surface area (Å²) in [5.41, 5.74) is 5.01. The van der Waals surface area contributed by atoms with Gasteiger partial charge in [-0.25, -0.2) is 4.68 Å². The number of hydrogen-bond donors (Lipinski definition) is 2. The van der Waals surface area contributed by atoms with Crippen molar-refractivity contribution < 1.29 is 5.11 Å². The van der Waals surface area contributed by atoms with E-state index in [1.165, 1.54) is 0 Å². The van der Waals surface area contributed by atoms with E-state index in [0.29, 0.717) is 18.8 Å². The molecule has 0 amide bonds. The normalized spacial score (nSPS) is 10.9. The Morgan fingerprint density at radius 3 is 2.29 bits per heavy atom. The van der Waals surface area contributed by atoms with Gasteiger partial charge in [-0.2, -0.15) is 5.10 Å². The van der Waals surface area contributed by atoms with Crippen LogP contribution in [0.15, 0.2) is 89.5 Å². The average molecular weight is 434 g/mol. The van der Waals surface area contributed by atoms with Crippen LogP contribution in [-0.2, 0) is 13.1 Å². The van der Waals surface area contributed by atoms with Crippen LogP contribution in [0.2, 0.25) is 0 Å². The molecule has 1 heterocycles. The van der Waals surface area contributed by atoms with Gasteiger partial charge in [-0.05, 0) is 30.3 Å². The highest BCUT2D eigenvalue weighted by molar-refractivity contribution is 9.10. The monoisotopic (exact) mass is 433 g/mol. The zero-order chi connectivity index (χ0) is 19.3. The van der Waals surface area contributed by atoms with Crippen molar-refractivity contribution in [3.63, 3.8) is 0 Å². The highest BCUT2D eigenvalue weighted by atomic mass is 79.9. The van der Waals surface area contributed by atoms with E-state index in [-0.39, 0.29) is 0 Å². The van der Waals surface area contributed by atoms with Gasteiger partial charge >= 0.3 is 0 Å². The average Bonchev–Trinajstić information content (AvgIpc) is 3.16. The van der Waals surface area contributed by atoms with Gasteiger partial charge in [0, 0.05) is 40.4 Å². The third-order valence-corrected chi connectivity index (χ3v) is 5.02. The van der Waals surface area contributed by atoms with Gasteiger partial charge in [0.15, 0.2) is 0 Å². The zero-order valence-electron chi connectivity index (χ0n) is 15.2. The number of halogens is 1. The van der Waals surface area contributed by atoms with Gasteiger partial charge in [-0.1, -0.05) is 64.5 Å². The molecule has 0 aliphatic rings. The van der Waals surface area contributed by atoms with Crippen molar-refractivity contribution in [1.29, 1.82) is 0 Å². The molecule has 0 fully saturated rings. The Kier molecular flexibility index (Phi) is 5.55. The van der Waals surface area contributed by atoms with E-state index in [0.717, 1.165) is 32.5 Å². The number of rotatable bonds is 6. The Morgan fingerprint density at radius 1 is 0.857 bits per heavy atom. The number of nitrogens with zero attached hydrogens (tertiary/aromatic N) is 2. The standard InChI is InChI=1S/C23H20BrN3O/c24-20-11-12-22(28)18(13-20)14-25-15-19-16-27(21-9-5-2-6-10-21)26-23(19)17-7-3-1-4-8-17/h1-13,16,25,28H,14-15H2. The molecule has 0 bridgehead atoms. The summed E-state index contributed by atoms with van der Waals surface area (Å²) in [6.45, 7) is 1.21. The molecule has 4 nitrogen and oxygen atoms in total. The molecule has 0 saturated carbocycles.